The molecular weight excluding hydrogens is 224 g/mol. The lowest BCUT2D eigenvalue weighted by Gasteiger charge is -2.10. The summed E-state index contributed by atoms with van der Waals surface area (Å²) in [6.45, 7) is 1.49. The molecule has 4 heteroatoms. The van der Waals surface area contributed by atoms with Crippen LogP contribution < -0.4 is 5.32 Å². The molecule has 0 spiro atoms. The van der Waals surface area contributed by atoms with E-state index in [1.165, 1.54) is 0 Å². The zero-order chi connectivity index (χ0) is 12.0. The van der Waals surface area contributed by atoms with E-state index in [4.69, 9.17) is 11.6 Å². The number of nitrogens with one attached hydrogen (secondary N) is 1. The number of carbonyl (C=O) groups is 1. The normalized spacial score (nSPS) is 10.5. The summed E-state index contributed by atoms with van der Waals surface area (Å²) in [4.78, 5) is 13.7. The molecule has 0 unspecified atom stereocenters. The van der Waals surface area contributed by atoms with Gasteiger partial charge in [-0.1, -0.05) is 12.1 Å². The Balaban J connectivity index is 2.46. The number of hydrogen-bond donors (Lipinski definition) is 1. The Morgan fingerprint density at radius 1 is 1.31 bits per heavy atom. The molecule has 16 heavy (non-hydrogen) atoms. The Bertz CT molecular complexity index is 335. The summed E-state index contributed by atoms with van der Waals surface area (Å²) in [5.41, 5.74) is 1.69. The number of halogens is 1. The van der Waals surface area contributed by atoms with Crippen molar-refractivity contribution < 1.29 is 4.79 Å². The van der Waals surface area contributed by atoms with E-state index >= 15 is 0 Å². The Morgan fingerprint density at radius 2 is 1.94 bits per heavy atom. The maximum Gasteiger partial charge on any atom is 0.251 e. The number of nitrogens with zero attached hydrogens (tertiary/aromatic N) is 1. The van der Waals surface area contributed by atoms with Crippen molar-refractivity contribution in [1.82, 2.24) is 10.2 Å². The molecule has 0 heterocycles. The Morgan fingerprint density at radius 3 is 2.44 bits per heavy atom. The maximum absolute atomic E-state index is 11.7. The van der Waals surface area contributed by atoms with Crippen LogP contribution >= 0.6 is 11.6 Å². The fourth-order valence-corrected chi connectivity index (χ4v) is 1.42. The van der Waals surface area contributed by atoms with Crippen LogP contribution in [0.15, 0.2) is 24.3 Å². The molecule has 0 saturated carbocycles. The molecule has 0 aromatic heterocycles. The smallest absolute Gasteiger partial charge is 0.251 e. The largest absolute Gasteiger partial charge is 0.351 e. The molecule has 0 radical (unpaired) electrons. The molecule has 0 atom stereocenters. The van der Waals surface area contributed by atoms with Gasteiger partial charge >= 0.3 is 0 Å². The second-order valence-electron chi connectivity index (χ2n) is 3.89. The first kappa shape index (κ1) is 13.0. The van der Waals surface area contributed by atoms with Crippen molar-refractivity contribution in [3.63, 3.8) is 0 Å². The average molecular weight is 241 g/mol. The molecule has 0 aliphatic heterocycles. The maximum atomic E-state index is 11.7. The SMILES string of the molecule is CN(C)CCNC(=O)c1ccc(CCl)cc1. The van der Waals surface area contributed by atoms with Gasteiger partial charge in [0.25, 0.3) is 5.91 Å². The van der Waals surface area contributed by atoms with Crippen molar-refractivity contribution in [2.45, 2.75) is 5.88 Å². The molecule has 0 aliphatic carbocycles. The van der Waals surface area contributed by atoms with Crippen LogP contribution in [0.3, 0.4) is 0 Å². The molecule has 0 aliphatic rings. The molecular formula is C12H17ClN2O. The van der Waals surface area contributed by atoms with E-state index in [0.717, 1.165) is 12.1 Å². The molecule has 0 fully saturated rings. The van der Waals surface area contributed by atoms with E-state index in [9.17, 15) is 4.79 Å². The van der Waals surface area contributed by atoms with Crippen molar-refractivity contribution in [1.29, 1.82) is 0 Å². The standard InChI is InChI=1S/C12H17ClN2O/c1-15(2)8-7-14-12(16)11-5-3-10(9-13)4-6-11/h3-6H,7-9H2,1-2H3,(H,14,16). The number of rotatable bonds is 5. The van der Waals surface area contributed by atoms with Gasteiger partial charge in [-0.25, -0.2) is 0 Å². The summed E-state index contributed by atoms with van der Waals surface area (Å²) in [5, 5.41) is 2.85. The molecule has 1 amide bonds. The fourth-order valence-electron chi connectivity index (χ4n) is 1.24. The Kier molecular flexibility index (Phi) is 5.29. The van der Waals surface area contributed by atoms with Crippen molar-refractivity contribution in [2.75, 3.05) is 27.2 Å². The minimum atomic E-state index is -0.0389. The van der Waals surface area contributed by atoms with Gasteiger partial charge < -0.3 is 10.2 Å². The van der Waals surface area contributed by atoms with Gasteiger partial charge in [0.05, 0.1) is 0 Å². The van der Waals surface area contributed by atoms with Gasteiger partial charge in [0.2, 0.25) is 0 Å². The van der Waals surface area contributed by atoms with Gasteiger partial charge in [-0.2, -0.15) is 0 Å². The summed E-state index contributed by atoms with van der Waals surface area (Å²) in [6.07, 6.45) is 0. The highest BCUT2D eigenvalue weighted by Gasteiger charge is 2.04. The van der Waals surface area contributed by atoms with Crippen molar-refractivity contribution in [2.24, 2.45) is 0 Å². The number of likely N-dealkylation sites (N-methyl/N-ethyl adjacent to an activating group) is 1. The number of benzene rings is 1. The van der Waals surface area contributed by atoms with Crippen molar-refractivity contribution in [3.8, 4) is 0 Å². The van der Waals surface area contributed by atoms with Crippen LogP contribution in [-0.2, 0) is 5.88 Å². The zero-order valence-electron chi connectivity index (χ0n) is 9.66. The highest BCUT2D eigenvalue weighted by Crippen LogP contribution is 2.06. The van der Waals surface area contributed by atoms with E-state index < -0.39 is 0 Å². The third kappa shape index (κ3) is 4.21. The summed E-state index contributed by atoms with van der Waals surface area (Å²) in [7, 11) is 3.95. The number of hydrogen-bond acceptors (Lipinski definition) is 2. The van der Waals surface area contributed by atoms with Crippen LogP contribution in [0, 0.1) is 0 Å². The first-order valence-electron chi connectivity index (χ1n) is 5.21. The summed E-state index contributed by atoms with van der Waals surface area (Å²) in [5.74, 6) is 0.436. The molecule has 3 nitrogen and oxygen atoms in total. The van der Waals surface area contributed by atoms with Gasteiger partial charge in [0.1, 0.15) is 0 Å². The van der Waals surface area contributed by atoms with Gasteiger partial charge in [0.15, 0.2) is 0 Å². The lowest BCUT2D eigenvalue weighted by molar-refractivity contribution is 0.0951. The third-order valence-corrected chi connectivity index (χ3v) is 2.52. The minimum Gasteiger partial charge on any atom is -0.351 e. The van der Waals surface area contributed by atoms with Gasteiger partial charge in [0, 0.05) is 24.5 Å². The van der Waals surface area contributed by atoms with E-state index in [1.807, 2.05) is 31.1 Å². The lowest BCUT2D eigenvalue weighted by Crippen LogP contribution is -2.31. The minimum absolute atomic E-state index is 0.0389. The fraction of sp³-hybridized carbons (Fsp3) is 0.417. The topological polar surface area (TPSA) is 32.3 Å². The molecule has 1 rings (SSSR count). The van der Waals surface area contributed by atoms with Crippen LogP contribution in [0.25, 0.3) is 0 Å². The van der Waals surface area contributed by atoms with Gasteiger partial charge in [-0.3, -0.25) is 4.79 Å². The zero-order valence-corrected chi connectivity index (χ0v) is 10.4. The molecule has 88 valence electrons. The van der Waals surface area contributed by atoms with Gasteiger partial charge in [-0.15, -0.1) is 11.6 Å². The van der Waals surface area contributed by atoms with Crippen LogP contribution in [0.2, 0.25) is 0 Å². The van der Waals surface area contributed by atoms with E-state index in [1.54, 1.807) is 12.1 Å². The predicted octanol–water partition coefficient (Wildman–Crippen LogP) is 1.72. The quantitative estimate of drug-likeness (QED) is 0.795. The van der Waals surface area contributed by atoms with Crippen LogP contribution in [0.5, 0.6) is 0 Å². The first-order chi connectivity index (χ1) is 7.63. The van der Waals surface area contributed by atoms with E-state index in [2.05, 4.69) is 5.32 Å². The molecule has 1 aromatic carbocycles. The second-order valence-corrected chi connectivity index (χ2v) is 4.16. The summed E-state index contributed by atoms with van der Waals surface area (Å²) >= 11 is 5.67. The van der Waals surface area contributed by atoms with Crippen LogP contribution in [0.1, 0.15) is 15.9 Å². The highest BCUT2D eigenvalue weighted by molar-refractivity contribution is 6.17. The lowest BCUT2D eigenvalue weighted by atomic mass is 10.1. The Labute approximate surface area is 101 Å². The third-order valence-electron chi connectivity index (χ3n) is 2.22. The molecule has 0 bridgehead atoms. The van der Waals surface area contributed by atoms with E-state index in [0.29, 0.717) is 18.0 Å². The van der Waals surface area contributed by atoms with E-state index in [-0.39, 0.29) is 5.91 Å². The number of carbonyl (C=O) groups excluding carboxylic acids is 1. The number of alkyl halides is 1. The highest BCUT2D eigenvalue weighted by atomic mass is 35.5. The monoisotopic (exact) mass is 240 g/mol. The average Bonchev–Trinajstić information content (AvgIpc) is 2.28. The molecule has 1 aromatic rings. The predicted molar refractivity (Wildman–Crippen MR) is 66.9 cm³/mol. The van der Waals surface area contributed by atoms with Crippen LogP contribution in [-0.4, -0.2) is 38.0 Å². The van der Waals surface area contributed by atoms with Gasteiger partial charge in [-0.05, 0) is 31.8 Å². The molecule has 0 saturated heterocycles. The van der Waals surface area contributed by atoms with Crippen LogP contribution in [0.4, 0.5) is 0 Å². The Hall–Kier alpha value is -1.06. The van der Waals surface area contributed by atoms with Crippen molar-refractivity contribution in [3.05, 3.63) is 35.4 Å². The number of amides is 1. The first-order valence-corrected chi connectivity index (χ1v) is 5.75. The second kappa shape index (κ2) is 6.51. The van der Waals surface area contributed by atoms with Crippen molar-refractivity contribution >= 4 is 17.5 Å². The summed E-state index contributed by atoms with van der Waals surface area (Å²) < 4.78 is 0. The molecule has 1 N–H and O–H groups in total. The summed E-state index contributed by atoms with van der Waals surface area (Å²) in [6, 6.07) is 7.33.